The molecule has 1 aliphatic carbocycles. The maximum absolute atomic E-state index is 4.89. The Hall–Kier alpha value is -3.85. The molecule has 0 N–H and O–H groups in total. The fourth-order valence-electron chi connectivity index (χ4n) is 5.73. The predicted octanol–water partition coefficient (Wildman–Crippen LogP) is 8.49. The Bertz CT molecular complexity index is 1690. The molecule has 3 heterocycles. The van der Waals surface area contributed by atoms with Crippen LogP contribution in [0.2, 0.25) is 0 Å². The molecule has 7 rings (SSSR count). The summed E-state index contributed by atoms with van der Waals surface area (Å²) in [4.78, 5) is 13.2. The maximum atomic E-state index is 4.89. The Kier molecular flexibility index (Phi) is 7.88. The summed E-state index contributed by atoms with van der Waals surface area (Å²) in [5, 5.41) is 1.17. The summed E-state index contributed by atoms with van der Waals surface area (Å²) < 4.78 is 0. The first-order valence-corrected chi connectivity index (χ1v) is 13.2. The van der Waals surface area contributed by atoms with E-state index >= 15 is 0 Å². The molecule has 0 saturated carbocycles. The Balaban J connectivity index is 0.000000216. The van der Waals surface area contributed by atoms with E-state index in [0.29, 0.717) is 0 Å². The number of hydrogen-bond acceptors (Lipinski definition) is 2. The molecule has 0 fully saturated rings. The van der Waals surface area contributed by atoms with Crippen LogP contribution in [0.4, 0.5) is 0 Å². The van der Waals surface area contributed by atoms with Gasteiger partial charge in [0.1, 0.15) is 0 Å². The molecule has 195 valence electrons. The summed E-state index contributed by atoms with van der Waals surface area (Å²) >= 11 is 0. The first-order valence-electron chi connectivity index (χ1n) is 13.2. The minimum Gasteiger partial charge on any atom is -0.662 e. The van der Waals surface area contributed by atoms with E-state index < -0.39 is 0 Å². The fraction of sp³-hybridized carbons (Fsp3) is 0.143. The molecule has 1 radical (unpaired) electrons. The summed E-state index contributed by atoms with van der Waals surface area (Å²) in [6, 6.07) is 39.1. The zero-order valence-corrected chi connectivity index (χ0v) is 24.5. The van der Waals surface area contributed by atoms with Gasteiger partial charge in [-0.1, -0.05) is 97.8 Å². The van der Waals surface area contributed by atoms with E-state index in [9.17, 15) is 0 Å². The molecule has 0 atom stereocenters. The van der Waals surface area contributed by atoms with Gasteiger partial charge in [-0.2, -0.15) is 6.20 Å². The number of fused-ring (bicyclic) bond motifs is 4. The number of para-hydroxylation sites is 1. The minimum absolute atomic E-state index is 0. The molecule has 3 nitrogen and oxygen atoms in total. The number of nitrogens with zero attached hydrogens (tertiary/aromatic N) is 3. The van der Waals surface area contributed by atoms with Gasteiger partial charge in [-0.25, -0.2) is 0 Å². The Labute approximate surface area is 243 Å². The van der Waals surface area contributed by atoms with E-state index in [0.717, 1.165) is 41.0 Å². The second-order valence-corrected chi connectivity index (χ2v) is 9.64. The van der Waals surface area contributed by atoms with Crippen molar-refractivity contribution in [3.8, 4) is 33.8 Å². The van der Waals surface area contributed by atoms with Crippen LogP contribution in [0.3, 0.4) is 0 Å². The number of benzene rings is 3. The fourth-order valence-corrected chi connectivity index (χ4v) is 5.73. The minimum atomic E-state index is 0. The summed E-state index contributed by atoms with van der Waals surface area (Å²) in [5.41, 5.74) is 10.6. The van der Waals surface area contributed by atoms with Gasteiger partial charge in [0.25, 0.3) is 0 Å². The van der Waals surface area contributed by atoms with Gasteiger partial charge in [0.2, 0.25) is 0 Å². The van der Waals surface area contributed by atoms with Gasteiger partial charge in [-0.3, -0.25) is 9.97 Å². The second kappa shape index (κ2) is 11.5. The van der Waals surface area contributed by atoms with Crippen LogP contribution in [0.25, 0.3) is 44.7 Å². The van der Waals surface area contributed by atoms with Gasteiger partial charge >= 0.3 is 0 Å². The van der Waals surface area contributed by atoms with Crippen molar-refractivity contribution in [1.82, 2.24) is 15.0 Å². The Morgan fingerprint density at radius 2 is 1.54 bits per heavy atom. The standard InChI is InChI=1S/C26H22N.C9H7N2.Ir/c1-3-26(4-2)22-11-7-6-10-20(22)21-15-13-19(17-23(21)26)25-16-14-18-9-5-8-12-24(18)27-25;1-2-6-10-8(4-1)9-5-3-7-11-9;/h5-12,14-17H,3-4H2,1-2H3;1-7H;/q2*-1;. The third-order valence-electron chi connectivity index (χ3n) is 7.76. The molecule has 3 aromatic carbocycles. The summed E-state index contributed by atoms with van der Waals surface area (Å²) in [5.74, 6) is 0. The molecule has 0 amide bonds. The normalized spacial score (nSPS) is 12.6. The van der Waals surface area contributed by atoms with Crippen LogP contribution in [0.1, 0.15) is 37.8 Å². The summed E-state index contributed by atoms with van der Waals surface area (Å²) in [6.45, 7) is 4.61. The van der Waals surface area contributed by atoms with E-state index in [4.69, 9.17) is 4.98 Å². The van der Waals surface area contributed by atoms with Gasteiger partial charge in [0.15, 0.2) is 0 Å². The summed E-state index contributed by atoms with van der Waals surface area (Å²) in [6.07, 6.45) is 5.73. The molecule has 0 spiro atoms. The van der Waals surface area contributed by atoms with Crippen molar-refractivity contribution in [1.29, 1.82) is 0 Å². The zero-order valence-electron chi connectivity index (χ0n) is 22.1. The number of aromatic nitrogens is 3. The van der Waals surface area contributed by atoms with Crippen LogP contribution in [0.15, 0.2) is 116 Å². The third kappa shape index (κ3) is 4.87. The molecule has 6 aromatic rings. The van der Waals surface area contributed by atoms with Crippen LogP contribution < -0.4 is 4.98 Å². The Morgan fingerprint density at radius 1 is 0.744 bits per heavy atom. The molecule has 3 aromatic heterocycles. The molecule has 39 heavy (non-hydrogen) atoms. The predicted molar refractivity (Wildman–Crippen MR) is 156 cm³/mol. The van der Waals surface area contributed by atoms with Crippen molar-refractivity contribution < 1.29 is 20.1 Å². The molecule has 1 aliphatic rings. The summed E-state index contributed by atoms with van der Waals surface area (Å²) in [7, 11) is 0. The van der Waals surface area contributed by atoms with Gasteiger partial charge in [0.05, 0.1) is 5.52 Å². The van der Waals surface area contributed by atoms with Gasteiger partial charge < -0.3 is 4.98 Å². The third-order valence-corrected chi connectivity index (χ3v) is 7.76. The quantitative estimate of drug-likeness (QED) is 0.175. The van der Waals surface area contributed by atoms with Crippen molar-refractivity contribution in [3.63, 3.8) is 0 Å². The van der Waals surface area contributed by atoms with Crippen molar-refractivity contribution >= 4 is 10.9 Å². The van der Waals surface area contributed by atoms with Crippen molar-refractivity contribution in [2.24, 2.45) is 0 Å². The van der Waals surface area contributed by atoms with E-state index in [1.54, 1.807) is 12.4 Å². The molecule has 4 heteroatoms. The molecular weight excluding hydrogens is 655 g/mol. The van der Waals surface area contributed by atoms with E-state index in [-0.39, 0.29) is 25.5 Å². The van der Waals surface area contributed by atoms with Crippen LogP contribution in [0.5, 0.6) is 0 Å². The monoisotopic (exact) mass is 684 g/mol. The number of pyridine rings is 2. The van der Waals surface area contributed by atoms with Crippen LogP contribution in [0, 0.1) is 6.07 Å². The maximum Gasteiger partial charge on any atom is 0.0595 e. The van der Waals surface area contributed by atoms with Gasteiger partial charge in [0, 0.05) is 37.4 Å². The molecule has 0 aliphatic heterocycles. The van der Waals surface area contributed by atoms with Crippen molar-refractivity contribution in [3.05, 3.63) is 133 Å². The van der Waals surface area contributed by atoms with Crippen molar-refractivity contribution in [2.75, 3.05) is 0 Å². The molecule has 0 saturated heterocycles. The van der Waals surface area contributed by atoms with Crippen LogP contribution in [-0.4, -0.2) is 9.97 Å². The van der Waals surface area contributed by atoms with E-state index in [1.165, 1.54) is 27.6 Å². The average Bonchev–Trinajstić information content (AvgIpc) is 3.63. The van der Waals surface area contributed by atoms with E-state index in [2.05, 4.69) is 96.6 Å². The molecular formula is C35H29IrN3-2. The van der Waals surface area contributed by atoms with Gasteiger partial charge in [-0.05, 0) is 47.7 Å². The van der Waals surface area contributed by atoms with Crippen molar-refractivity contribution in [2.45, 2.75) is 32.1 Å². The number of rotatable bonds is 4. The van der Waals surface area contributed by atoms with Crippen LogP contribution >= 0.6 is 0 Å². The first kappa shape index (κ1) is 26.7. The first-order chi connectivity index (χ1) is 18.7. The smallest absolute Gasteiger partial charge is 0.0595 e. The second-order valence-electron chi connectivity index (χ2n) is 9.64. The topological polar surface area (TPSA) is 39.9 Å². The Morgan fingerprint density at radius 3 is 2.31 bits per heavy atom. The molecule has 0 unspecified atom stereocenters. The van der Waals surface area contributed by atoms with Crippen LogP contribution in [-0.2, 0) is 25.5 Å². The average molecular weight is 684 g/mol. The largest absolute Gasteiger partial charge is 0.662 e. The van der Waals surface area contributed by atoms with Gasteiger partial charge in [-0.15, -0.1) is 35.0 Å². The zero-order chi connectivity index (χ0) is 26.0. The SMILES string of the molecule is CCC1(CC)c2ccccc2-c2c[c-]c(-c3ccc4ccccc4n3)cc21.[Ir].c1ccc(-c2ccc[n-]2)nc1. The molecule has 0 bridgehead atoms. The number of hydrogen-bond donors (Lipinski definition) is 0. The van der Waals surface area contributed by atoms with E-state index in [1.807, 2.05) is 36.4 Å².